The van der Waals surface area contributed by atoms with E-state index in [1.165, 1.54) is 18.3 Å². The number of anilines is 1. The summed E-state index contributed by atoms with van der Waals surface area (Å²) in [6, 6.07) is 3.80. The maximum absolute atomic E-state index is 11.5. The predicted octanol–water partition coefficient (Wildman–Crippen LogP) is 3.82. The Morgan fingerprint density at radius 3 is 2.33 bits per heavy atom. The Hall–Kier alpha value is -2.41. The summed E-state index contributed by atoms with van der Waals surface area (Å²) >= 11 is 1.30. The van der Waals surface area contributed by atoms with Crippen LogP contribution < -0.4 is 14.9 Å². The number of hydrogen-bond acceptors (Lipinski definition) is 7. The van der Waals surface area contributed by atoms with Crippen LogP contribution >= 0.6 is 11.3 Å². The number of methoxy groups -OCH3 is 2. The molecule has 0 aliphatic heterocycles. The van der Waals surface area contributed by atoms with E-state index in [-0.39, 0.29) is 5.78 Å². The number of ether oxygens (including phenoxy) is 2. The summed E-state index contributed by atoms with van der Waals surface area (Å²) in [5.41, 5.74) is 6.39. The number of aryl methyl sites for hydroxylation is 2. The number of thiazole rings is 1. The van der Waals surface area contributed by atoms with Crippen molar-refractivity contribution >= 4 is 28.0 Å². The Bertz CT molecular complexity index is 797. The van der Waals surface area contributed by atoms with Crippen molar-refractivity contribution in [3.63, 3.8) is 0 Å². The van der Waals surface area contributed by atoms with Gasteiger partial charge in [0, 0.05) is 12.5 Å². The number of carbonyl (C=O) groups excluding carboxylic acids is 1. The molecule has 0 unspecified atom stereocenters. The summed E-state index contributed by atoms with van der Waals surface area (Å²) in [5.74, 6) is 1.34. The molecule has 0 saturated carbocycles. The van der Waals surface area contributed by atoms with Crippen LogP contribution in [0.2, 0.25) is 0 Å². The van der Waals surface area contributed by atoms with Crippen LogP contribution in [0.1, 0.15) is 40.3 Å². The van der Waals surface area contributed by atoms with Crippen LogP contribution in [0.3, 0.4) is 0 Å². The highest BCUT2D eigenvalue weighted by Gasteiger charge is 2.13. The second-order valence-electron chi connectivity index (χ2n) is 5.32. The van der Waals surface area contributed by atoms with E-state index in [9.17, 15) is 4.79 Å². The molecule has 0 aliphatic rings. The van der Waals surface area contributed by atoms with Crippen LogP contribution in [0, 0.1) is 13.8 Å². The Balaban J connectivity index is 2.28. The van der Waals surface area contributed by atoms with Crippen LogP contribution in [-0.2, 0) is 0 Å². The van der Waals surface area contributed by atoms with E-state index in [4.69, 9.17) is 9.47 Å². The molecule has 0 fully saturated rings. The third kappa shape index (κ3) is 3.73. The summed E-state index contributed by atoms with van der Waals surface area (Å²) in [6.07, 6.45) is 0. The molecule has 7 heteroatoms. The zero-order valence-corrected chi connectivity index (χ0v) is 15.5. The van der Waals surface area contributed by atoms with Gasteiger partial charge in [0.15, 0.2) is 17.3 Å². The lowest BCUT2D eigenvalue weighted by Gasteiger charge is -2.12. The highest BCUT2D eigenvalue weighted by Crippen LogP contribution is 2.30. The summed E-state index contributed by atoms with van der Waals surface area (Å²) in [6.45, 7) is 7.23. The number of carbonyl (C=O) groups is 1. The Labute approximate surface area is 145 Å². The topological polar surface area (TPSA) is 72.8 Å². The number of rotatable bonds is 6. The SMILES string of the molecule is COc1cc(C)c(/C(C)=N\Nc2nc(C)c(C(C)=O)s2)cc1OC. The zero-order valence-electron chi connectivity index (χ0n) is 14.7. The van der Waals surface area contributed by atoms with Gasteiger partial charge < -0.3 is 9.47 Å². The van der Waals surface area contributed by atoms with Gasteiger partial charge in [0.1, 0.15) is 0 Å². The quantitative estimate of drug-likeness (QED) is 0.489. The van der Waals surface area contributed by atoms with Crippen LogP contribution in [0.15, 0.2) is 17.2 Å². The number of hydrazone groups is 1. The van der Waals surface area contributed by atoms with E-state index >= 15 is 0 Å². The average molecular weight is 347 g/mol. The minimum Gasteiger partial charge on any atom is -0.493 e. The number of Topliss-reactive ketones (excluding diaryl/α,β-unsaturated/α-hetero) is 1. The van der Waals surface area contributed by atoms with Crippen molar-refractivity contribution in [2.75, 3.05) is 19.6 Å². The first-order valence-electron chi connectivity index (χ1n) is 7.39. The molecule has 2 aromatic rings. The minimum atomic E-state index is 0.00878. The van der Waals surface area contributed by atoms with Crippen LogP contribution in [0.4, 0.5) is 5.13 Å². The molecule has 0 spiro atoms. The molecule has 0 aliphatic carbocycles. The van der Waals surface area contributed by atoms with Crippen molar-refractivity contribution in [3.05, 3.63) is 33.8 Å². The second kappa shape index (κ2) is 7.44. The standard InChI is InChI=1S/C17H21N3O3S/c1-9-7-14(22-5)15(23-6)8-13(9)10(2)19-20-17-18-11(3)16(24-17)12(4)21/h7-8H,1-6H3,(H,18,20)/b19-10-. The van der Waals surface area contributed by atoms with Crippen LogP contribution in [0.5, 0.6) is 11.5 Å². The van der Waals surface area contributed by atoms with E-state index in [1.54, 1.807) is 14.2 Å². The average Bonchev–Trinajstić information content (AvgIpc) is 2.93. The van der Waals surface area contributed by atoms with Gasteiger partial charge in [-0.1, -0.05) is 11.3 Å². The summed E-state index contributed by atoms with van der Waals surface area (Å²) in [5, 5.41) is 4.97. The fraction of sp³-hybridized carbons (Fsp3) is 0.353. The van der Waals surface area contributed by atoms with Gasteiger partial charge in [0.25, 0.3) is 0 Å². The molecule has 1 aromatic heterocycles. The van der Waals surface area contributed by atoms with Crippen LogP contribution in [-0.4, -0.2) is 30.7 Å². The van der Waals surface area contributed by atoms with Gasteiger partial charge in [-0.3, -0.25) is 10.2 Å². The molecular formula is C17H21N3O3S. The van der Waals surface area contributed by atoms with Gasteiger partial charge in [-0.05, 0) is 38.5 Å². The highest BCUT2D eigenvalue weighted by atomic mass is 32.1. The van der Waals surface area contributed by atoms with E-state index in [2.05, 4.69) is 15.5 Å². The smallest absolute Gasteiger partial charge is 0.204 e. The summed E-state index contributed by atoms with van der Waals surface area (Å²) < 4.78 is 10.6. The third-order valence-corrected chi connectivity index (χ3v) is 4.72. The number of aromatic nitrogens is 1. The molecular weight excluding hydrogens is 326 g/mol. The lowest BCUT2D eigenvalue weighted by molar-refractivity contribution is 0.102. The predicted molar refractivity (Wildman–Crippen MR) is 97.0 cm³/mol. The normalized spacial score (nSPS) is 11.3. The first-order chi connectivity index (χ1) is 11.4. The first-order valence-corrected chi connectivity index (χ1v) is 8.20. The summed E-state index contributed by atoms with van der Waals surface area (Å²) in [4.78, 5) is 16.5. The molecule has 1 heterocycles. The third-order valence-electron chi connectivity index (χ3n) is 3.56. The monoisotopic (exact) mass is 347 g/mol. The molecule has 0 saturated heterocycles. The zero-order chi connectivity index (χ0) is 17.9. The fourth-order valence-electron chi connectivity index (χ4n) is 2.33. The summed E-state index contributed by atoms with van der Waals surface area (Å²) in [7, 11) is 3.21. The van der Waals surface area contributed by atoms with Crippen molar-refractivity contribution in [1.82, 2.24) is 4.98 Å². The van der Waals surface area contributed by atoms with Gasteiger partial charge in [0.2, 0.25) is 5.13 Å². The highest BCUT2D eigenvalue weighted by molar-refractivity contribution is 7.17. The maximum atomic E-state index is 11.5. The number of nitrogens with one attached hydrogen (secondary N) is 1. The van der Waals surface area contributed by atoms with Crippen molar-refractivity contribution in [1.29, 1.82) is 0 Å². The van der Waals surface area contributed by atoms with Gasteiger partial charge in [-0.25, -0.2) is 4.98 Å². The first kappa shape index (κ1) is 17.9. The van der Waals surface area contributed by atoms with Crippen molar-refractivity contribution in [2.24, 2.45) is 5.10 Å². The molecule has 128 valence electrons. The van der Waals surface area contributed by atoms with E-state index in [1.807, 2.05) is 32.9 Å². The van der Waals surface area contributed by atoms with Gasteiger partial charge in [-0.2, -0.15) is 5.10 Å². The molecule has 24 heavy (non-hydrogen) atoms. The Morgan fingerprint density at radius 1 is 1.17 bits per heavy atom. The van der Waals surface area contributed by atoms with Gasteiger partial charge in [-0.15, -0.1) is 0 Å². The van der Waals surface area contributed by atoms with Crippen molar-refractivity contribution in [3.8, 4) is 11.5 Å². The number of hydrogen-bond donors (Lipinski definition) is 1. The lowest BCUT2D eigenvalue weighted by Crippen LogP contribution is -2.03. The maximum Gasteiger partial charge on any atom is 0.204 e. The molecule has 2 rings (SSSR count). The number of nitrogens with zero attached hydrogens (tertiary/aromatic N) is 2. The Morgan fingerprint density at radius 2 is 1.79 bits per heavy atom. The molecule has 0 radical (unpaired) electrons. The van der Waals surface area contributed by atoms with E-state index < -0.39 is 0 Å². The lowest BCUT2D eigenvalue weighted by atomic mass is 10.0. The molecule has 0 amide bonds. The van der Waals surface area contributed by atoms with Crippen molar-refractivity contribution < 1.29 is 14.3 Å². The molecule has 1 aromatic carbocycles. The fourth-order valence-corrected chi connectivity index (χ4v) is 3.14. The number of ketones is 1. The van der Waals surface area contributed by atoms with E-state index in [0.717, 1.165) is 16.8 Å². The van der Waals surface area contributed by atoms with Gasteiger partial charge >= 0.3 is 0 Å². The number of benzene rings is 1. The molecule has 1 N–H and O–H groups in total. The molecule has 0 atom stereocenters. The Kier molecular flexibility index (Phi) is 5.56. The van der Waals surface area contributed by atoms with Crippen molar-refractivity contribution in [2.45, 2.75) is 27.7 Å². The molecule has 6 nitrogen and oxygen atoms in total. The van der Waals surface area contributed by atoms with Crippen LogP contribution in [0.25, 0.3) is 0 Å². The van der Waals surface area contributed by atoms with Gasteiger partial charge in [0.05, 0.1) is 30.5 Å². The second-order valence-corrected chi connectivity index (χ2v) is 6.32. The molecule has 0 bridgehead atoms. The largest absolute Gasteiger partial charge is 0.493 e. The minimum absolute atomic E-state index is 0.00878. The van der Waals surface area contributed by atoms with E-state index in [0.29, 0.717) is 27.2 Å².